The number of hydrogen-bond donors (Lipinski definition) is 2. The zero-order chi connectivity index (χ0) is 17.8. The van der Waals surface area contributed by atoms with Crippen LogP contribution in [-0.2, 0) is 4.79 Å². The van der Waals surface area contributed by atoms with Gasteiger partial charge in [-0.3, -0.25) is 4.79 Å². The van der Waals surface area contributed by atoms with E-state index in [9.17, 15) is 4.79 Å². The molecular weight excluding hydrogens is 378 g/mol. The van der Waals surface area contributed by atoms with Crippen molar-refractivity contribution < 1.29 is 4.79 Å². The van der Waals surface area contributed by atoms with Crippen molar-refractivity contribution in [3.63, 3.8) is 0 Å². The summed E-state index contributed by atoms with van der Waals surface area (Å²) in [5, 5.41) is 14.1. The molecule has 0 radical (unpaired) electrons. The molecule has 0 saturated heterocycles. The van der Waals surface area contributed by atoms with Crippen molar-refractivity contribution in [1.82, 2.24) is 20.2 Å². The number of nitrogens with two attached hydrogens (primary N) is 1. The van der Waals surface area contributed by atoms with Gasteiger partial charge in [-0.05, 0) is 30.0 Å². The minimum atomic E-state index is -0.181. The van der Waals surface area contributed by atoms with E-state index in [-0.39, 0.29) is 17.7 Å². The highest BCUT2D eigenvalue weighted by molar-refractivity contribution is 7.99. The number of nitrogens with one attached hydrogen (secondary N) is 1. The lowest BCUT2D eigenvalue weighted by atomic mass is 10.1. The van der Waals surface area contributed by atoms with Gasteiger partial charge in [0.1, 0.15) is 0 Å². The molecule has 0 bridgehead atoms. The van der Waals surface area contributed by atoms with E-state index in [4.69, 9.17) is 17.4 Å². The molecule has 9 heteroatoms. The number of nitrogens with zero attached hydrogens (tertiary/aromatic N) is 3. The Morgan fingerprint density at radius 1 is 1.36 bits per heavy atom. The number of carbonyl (C=O) groups is 1. The van der Waals surface area contributed by atoms with Gasteiger partial charge in [0.05, 0.1) is 16.7 Å². The van der Waals surface area contributed by atoms with E-state index in [0.717, 1.165) is 10.4 Å². The van der Waals surface area contributed by atoms with Crippen LogP contribution in [0.1, 0.15) is 18.5 Å². The average molecular weight is 394 g/mol. The maximum Gasteiger partial charge on any atom is 0.230 e. The molecule has 2 heterocycles. The van der Waals surface area contributed by atoms with E-state index < -0.39 is 0 Å². The second-order valence-corrected chi connectivity index (χ2v) is 7.55. The highest BCUT2D eigenvalue weighted by Crippen LogP contribution is 2.25. The smallest absolute Gasteiger partial charge is 0.230 e. The summed E-state index contributed by atoms with van der Waals surface area (Å²) in [4.78, 5) is 13.1. The van der Waals surface area contributed by atoms with Crippen LogP contribution in [0.5, 0.6) is 0 Å². The largest absolute Gasteiger partial charge is 0.349 e. The van der Waals surface area contributed by atoms with Crippen LogP contribution >= 0.6 is 34.7 Å². The molecule has 3 N–H and O–H groups in total. The standard InChI is InChI=1S/C16H16ClN5OS2/c1-10(11-5-2-3-6-12(11)17)19-14(23)9-25-16-21-20-15(22(16)18)13-7-4-8-24-13/h2-8,10H,9,18H2,1H3,(H,19,23). The third-order valence-corrected chi connectivity index (χ3v) is 5.64. The van der Waals surface area contributed by atoms with Gasteiger partial charge in [0.2, 0.25) is 11.1 Å². The number of rotatable bonds is 6. The molecule has 1 atom stereocenters. The van der Waals surface area contributed by atoms with Crippen LogP contribution < -0.4 is 11.2 Å². The Morgan fingerprint density at radius 3 is 2.88 bits per heavy atom. The molecule has 25 heavy (non-hydrogen) atoms. The maximum atomic E-state index is 12.2. The fourth-order valence-electron chi connectivity index (χ4n) is 2.27. The molecule has 0 aliphatic carbocycles. The topological polar surface area (TPSA) is 85.8 Å². The van der Waals surface area contributed by atoms with Gasteiger partial charge in [-0.2, -0.15) is 0 Å². The van der Waals surface area contributed by atoms with Gasteiger partial charge in [-0.15, -0.1) is 21.5 Å². The number of amides is 1. The molecular formula is C16H16ClN5OS2. The van der Waals surface area contributed by atoms with Crippen LogP contribution in [-0.4, -0.2) is 26.5 Å². The Kier molecular flexibility index (Phi) is 5.62. The van der Waals surface area contributed by atoms with Gasteiger partial charge in [-0.1, -0.05) is 47.6 Å². The molecule has 3 aromatic rings. The van der Waals surface area contributed by atoms with Gasteiger partial charge in [-0.25, -0.2) is 4.68 Å². The van der Waals surface area contributed by atoms with Gasteiger partial charge in [0.15, 0.2) is 5.82 Å². The van der Waals surface area contributed by atoms with Crippen molar-refractivity contribution >= 4 is 40.6 Å². The van der Waals surface area contributed by atoms with Gasteiger partial charge in [0, 0.05) is 5.02 Å². The van der Waals surface area contributed by atoms with Crippen molar-refractivity contribution in [3.8, 4) is 10.7 Å². The zero-order valence-electron chi connectivity index (χ0n) is 13.3. The summed E-state index contributed by atoms with van der Waals surface area (Å²) in [6.07, 6.45) is 0. The quantitative estimate of drug-likeness (QED) is 0.495. The second kappa shape index (κ2) is 7.90. The third kappa shape index (κ3) is 4.15. The molecule has 130 valence electrons. The van der Waals surface area contributed by atoms with Crippen LogP contribution in [0.2, 0.25) is 5.02 Å². The Balaban J connectivity index is 1.59. The lowest BCUT2D eigenvalue weighted by Crippen LogP contribution is -2.28. The number of thiophene rings is 1. The number of aromatic nitrogens is 3. The SMILES string of the molecule is CC(NC(=O)CSc1nnc(-c2cccs2)n1N)c1ccccc1Cl. The van der Waals surface area contributed by atoms with Gasteiger partial charge < -0.3 is 11.2 Å². The molecule has 3 rings (SSSR count). The van der Waals surface area contributed by atoms with E-state index in [2.05, 4.69) is 15.5 Å². The van der Waals surface area contributed by atoms with Crippen LogP contribution in [0.3, 0.4) is 0 Å². The molecule has 0 saturated carbocycles. The molecule has 0 aliphatic rings. The highest BCUT2D eigenvalue weighted by atomic mass is 35.5. The predicted octanol–water partition coefficient (Wildman–Crippen LogP) is 3.34. The fraction of sp³-hybridized carbons (Fsp3) is 0.188. The first-order valence-corrected chi connectivity index (χ1v) is 9.71. The molecule has 0 spiro atoms. The molecule has 0 aliphatic heterocycles. The van der Waals surface area contributed by atoms with Crippen molar-refractivity contribution in [3.05, 3.63) is 52.4 Å². The minimum Gasteiger partial charge on any atom is -0.349 e. The van der Waals surface area contributed by atoms with Crippen LogP contribution in [0.25, 0.3) is 10.7 Å². The summed E-state index contributed by atoms with van der Waals surface area (Å²) in [5.74, 6) is 6.67. The van der Waals surface area contributed by atoms with E-state index in [0.29, 0.717) is 16.0 Å². The van der Waals surface area contributed by atoms with Crippen molar-refractivity contribution in [1.29, 1.82) is 0 Å². The molecule has 1 aromatic carbocycles. The van der Waals surface area contributed by atoms with E-state index in [1.54, 1.807) is 6.07 Å². The number of carbonyl (C=O) groups excluding carboxylic acids is 1. The number of benzene rings is 1. The van der Waals surface area contributed by atoms with E-state index in [1.807, 2.05) is 42.6 Å². The van der Waals surface area contributed by atoms with E-state index in [1.165, 1.54) is 27.8 Å². The van der Waals surface area contributed by atoms with Crippen molar-refractivity contribution in [2.24, 2.45) is 0 Å². The summed E-state index contributed by atoms with van der Waals surface area (Å²) < 4.78 is 1.40. The van der Waals surface area contributed by atoms with Crippen molar-refractivity contribution in [2.45, 2.75) is 18.1 Å². The molecule has 6 nitrogen and oxygen atoms in total. The Hall–Kier alpha value is -2.03. The number of thioether (sulfide) groups is 1. The van der Waals surface area contributed by atoms with Crippen LogP contribution in [0.15, 0.2) is 46.9 Å². The molecule has 1 unspecified atom stereocenters. The second-order valence-electron chi connectivity index (χ2n) is 5.25. The van der Waals surface area contributed by atoms with Gasteiger partial charge >= 0.3 is 0 Å². The number of halogens is 1. The van der Waals surface area contributed by atoms with Crippen LogP contribution in [0.4, 0.5) is 0 Å². The summed E-state index contributed by atoms with van der Waals surface area (Å²) in [6, 6.07) is 11.1. The van der Waals surface area contributed by atoms with Crippen molar-refractivity contribution in [2.75, 3.05) is 11.6 Å². The minimum absolute atomic E-state index is 0.127. The monoisotopic (exact) mass is 393 g/mol. The molecule has 0 fully saturated rings. The predicted molar refractivity (Wildman–Crippen MR) is 102 cm³/mol. The normalized spacial score (nSPS) is 12.1. The Bertz CT molecular complexity index is 865. The van der Waals surface area contributed by atoms with Gasteiger partial charge in [0.25, 0.3) is 0 Å². The summed E-state index contributed by atoms with van der Waals surface area (Å²) in [6.45, 7) is 1.89. The zero-order valence-corrected chi connectivity index (χ0v) is 15.7. The first-order valence-electron chi connectivity index (χ1n) is 7.47. The Morgan fingerprint density at radius 2 is 2.16 bits per heavy atom. The maximum absolute atomic E-state index is 12.2. The Labute approximate surface area is 158 Å². The fourth-order valence-corrected chi connectivity index (χ4v) is 3.94. The summed E-state index contributed by atoms with van der Waals surface area (Å²) >= 11 is 8.92. The average Bonchev–Trinajstić information content (AvgIpc) is 3.23. The van der Waals surface area contributed by atoms with E-state index >= 15 is 0 Å². The lowest BCUT2D eigenvalue weighted by molar-refractivity contribution is -0.119. The first kappa shape index (κ1) is 17.8. The highest BCUT2D eigenvalue weighted by Gasteiger charge is 2.16. The van der Waals surface area contributed by atoms with Crippen LogP contribution in [0, 0.1) is 0 Å². The summed E-state index contributed by atoms with van der Waals surface area (Å²) in [5.41, 5.74) is 0.879. The lowest BCUT2D eigenvalue weighted by Gasteiger charge is -2.15. The third-order valence-electron chi connectivity index (χ3n) is 3.49. The molecule has 2 aromatic heterocycles. The number of hydrogen-bond acceptors (Lipinski definition) is 6. The molecule has 1 amide bonds. The number of nitrogen functional groups attached to an aromatic ring is 1. The first-order chi connectivity index (χ1) is 12.1. The summed E-state index contributed by atoms with van der Waals surface area (Å²) in [7, 11) is 0.